The molecule has 0 aliphatic heterocycles. The molecular weight excluding hydrogens is 770 g/mol. The van der Waals surface area contributed by atoms with Gasteiger partial charge >= 0.3 is 12.1 Å². The van der Waals surface area contributed by atoms with E-state index in [4.69, 9.17) is 61.6 Å². The highest BCUT2D eigenvalue weighted by Crippen LogP contribution is 2.44. The maximum Gasteiger partial charge on any atom is 0.409 e. The number of esters is 1. The molecule has 0 saturated carbocycles. The summed E-state index contributed by atoms with van der Waals surface area (Å²) in [6.07, 6.45) is -0.118. The van der Waals surface area contributed by atoms with E-state index < -0.39 is 0 Å². The quantitative estimate of drug-likeness (QED) is 0.0703. The summed E-state index contributed by atoms with van der Waals surface area (Å²) in [7, 11) is 1.71. The van der Waals surface area contributed by atoms with Crippen molar-refractivity contribution < 1.29 is 71.2 Å². The van der Waals surface area contributed by atoms with E-state index in [-0.39, 0.29) is 24.4 Å². The van der Waals surface area contributed by atoms with Gasteiger partial charge in [-0.15, -0.1) is 0 Å². The molecule has 0 atom stereocenters. The van der Waals surface area contributed by atoms with Crippen LogP contribution in [-0.2, 0) is 66.4 Å². The molecule has 0 N–H and O–H groups in total. The van der Waals surface area contributed by atoms with Crippen LogP contribution < -0.4 is 0 Å². The van der Waals surface area contributed by atoms with Gasteiger partial charge in [0.25, 0.3) is 0 Å². The average molecular weight is 838 g/mol. The van der Waals surface area contributed by atoms with Gasteiger partial charge in [0.2, 0.25) is 0 Å². The van der Waals surface area contributed by atoms with Crippen LogP contribution in [0.3, 0.4) is 0 Å². The number of hydrogen-bond acceptors (Lipinski definition) is 15. The summed E-state index contributed by atoms with van der Waals surface area (Å²) in [5.41, 5.74) is 4.78. The number of amides is 1. The summed E-state index contributed by atoms with van der Waals surface area (Å²) >= 11 is 0. The Morgan fingerprint density at radius 1 is 0.458 bits per heavy atom. The van der Waals surface area contributed by atoms with E-state index in [1.165, 1.54) is 27.2 Å². The second-order valence-corrected chi connectivity index (χ2v) is 13.0. The lowest BCUT2D eigenvalue weighted by molar-refractivity contribution is -0.144. The molecule has 2 aromatic rings. The van der Waals surface area contributed by atoms with Gasteiger partial charge in [-0.3, -0.25) is 4.79 Å². The first-order valence-corrected chi connectivity index (χ1v) is 20.7. The highest BCUT2D eigenvalue weighted by molar-refractivity contribution is 5.79. The molecule has 3 rings (SSSR count). The van der Waals surface area contributed by atoms with Crippen molar-refractivity contribution in [1.29, 1.82) is 0 Å². The van der Waals surface area contributed by atoms with Crippen molar-refractivity contribution >= 4 is 12.1 Å². The Hall–Kier alpha value is -3.26. The third-order valence-corrected chi connectivity index (χ3v) is 8.69. The minimum absolute atomic E-state index is 0.0342. The number of fused-ring (bicyclic) bond motifs is 3. The van der Waals surface area contributed by atoms with E-state index >= 15 is 0 Å². The maximum absolute atomic E-state index is 12.6. The van der Waals surface area contributed by atoms with Crippen LogP contribution in [0.15, 0.2) is 48.5 Å². The lowest BCUT2D eigenvalue weighted by Crippen LogP contribution is -2.32. The first-order chi connectivity index (χ1) is 29.1. The van der Waals surface area contributed by atoms with E-state index in [9.17, 15) is 9.59 Å². The van der Waals surface area contributed by atoms with Crippen molar-refractivity contribution in [3.63, 3.8) is 0 Å². The normalized spacial score (nSPS) is 12.1. The predicted octanol–water partition coefficient (Wildman–Crippen LogP) is 4.00. The van der Waals surface area contributed by atoms with Crippen LogP contribution in [0.5, 0.6) is 0 Å². The lowest BCUT2D eigenvalue weighted by atomic mass is 9.98. The van der Waals surface area contributed by atoms with Crippen LogP contribution in [0.25, 0.3) is 11.1 Å². The molecule has 2 aromatic carbocycles. The molecule has 334 valence electrons. The maximum atomic E-state index is 12.6. The molecule has 0 saturated heterocycles. The molecule has 1 aliphatic carbocycles. The summed E-state index contributed by atoms with van der Waals surface area (Å²) in [4.78, 5) is 25.3. The van der Waals surface area contributed by atoms with Crippen molar-refractivity contribution in [3.05, 3.63) is 59.7 Å². The molecule has 0 spiro atoms. The van der Waals surface area contributed by atoms with Gasteiger partial charge in [-0.25, -0.2) is 4.79 Å². The molecule has 1 aliphatic rings. The number of carbonyl (C=O) groups excluding carboxylic acids is 2. The minimum atomic E-state index is -0.368. The Kier molecular flexibility index (Phi) is 29.3. The summed E-state index contributed by atoms with van der Waals surface area (Å²) in [5.74, 6) is -0.221. The van der Waals surface area contributed by atoms with Crippen LogP contribution in [0.1, 0.15) is 30.4 Å². The number of likely N-dealkylation sites (N-methyl/N-ethyl adjacent to an activating group) is 1. The number of rotatable bonds is 39. The van der Waals surface area contributed by atoms with Crippen molar-refractivity contribution in [1.82, 2.24) is 4.90 Å². The first kappa shape index (κ1) is 50.1. The molecular formula is C43H67NO15. The Balaban J connectivity index is 0.949. The fraction of sp³-hybridized carbons (Fsp3) is 0.674. The molecule has 0 radical (unpaired) electrons. The Labute approximate surface area is 349 Å². The fourth-order valence-corrected chi connectivity index (χ4v) is 5.69. The van der Waals surface area contributed by atoms with Gasteiger partial charge in [0.05, 0.1) is 158 Å². The van der Waals surface area contributed by atoms with Crippen molar-refractivity contribution in [2.75, 3.05) is 172 Å². The van der Waals surface area contributed by atoms with Crippen molar-refractivity contribution in [2.24, 2.45) is 0 Å². The van der Waals surface area contributed by atoms with Crippen molar-refractivity contribution in [3.8, 4) is 11.1 Å². The predicted molar refractivity (Wildman–Crippen MR) is 218 cm³/mol. The van der Waals surface area contributed by atoms with Gasteiger partial charge < -0.3 is 66.5 Å². The van der Waals surface area contributed by atoms with E-state index in [0.29, 0.717) is 165 Å². The largest absolute Gasteiger partial charge is 0.466 e. The van der Waals surface area contributed by atoms with Gasteiger partial charge in [0, 0.05) is 19.5 Å². The van der Waals surface area contributed by atoms with Gasteiger partial charge in [0.1, 0.15) is 6.61 Å². The van der Waals surface area contributed by atoms with E-state index in [1.807, 2.05) is 24.3 Å². The molecule has 1 amide bonds. The Morgan fingerprint density at radius 3 is 1.14 bits per heavy atom. The van der Waals surface area contributed by atoms with Crippen LogP contribution in [0.2, 0.25) is 0 Å². The average Bonchev–Trinajstić information content (AvgIpc) is 3.57. The van der Waals surface area contributed by atoms with Crippen LogP contribution >= 0.6 is 0 Å². The lowest BCUT2D eigenvalue weighted by Gasteiger charge is -2.19. The zero-order valence-corrected chi connectivity index (χ0v) is 35.2. The first-order valence-electron chi connectivity index (χ1n) is 20.7. The zero-order valence-electron chi connectivity index (χ0n) is 35.2. The number of benzene rings is 2. The Bertz CT molecular complexity index is 1310. The van der Waals surface area contributed by atoms with Crippen LogP contribution in [0.4, 0.5) is 4.79 Å². The second-order valence-electron chi connectivity index (χ2n) is 13.0. The third kappa shape index (κ3) is 23.4. The summed E-state index contributed by atoms with van der Waals surface area (Å²) in [6.45, 7) is 12.9. The molecule has 16 nitrogen and oxygen atoms in total. The molecule has 0 heterocycles. The van der Waals surface area contributed by atoms with Gasteiger partial charge in [-0.2, -0.15) is 0 Å². The monoisotopic (exact) mass is 837 g/mol. The summed E-state index contributed by atoms with van der Waals surface area (Å²) in [6, 6.07) is 16.6. The summed E-state index contributed by atoms with van der Waals surface area (Å²) in [5, 5.41) is 0. The minimum Gasteiger partial charge on any atom is -0.466 e. The van der Waals surface area contributed by atoms with E-state index in [2.05, 4.69) is 24.3 Å². The SMILES string of the molecule is CCOC(=O)CCOCCOCCOCCOCCOCCOCCOCCOCCOCCOCCOCCN(C)C(=O)OCC1c2ccccc2-c2ccccc21. The van der Waals surface area contributed by atoms with Crippen molar-refractivity contribution in [2.45, 2.75) is 19.3 Å². The summed E-state index contributed by atoms with van der Waals surface area (Å²) < 4.78 is 70.8. The molecule has 16 heteroatoms. The van der Waals surface area contributed by atoms with Gasteiger partial charge in [0.15, 0.2) is 0 Å². The Morgan fingerprint density at radius 2 is 0.780 bits per heavy atom. The van der Waals surface area contributed by atoms with E-state index in [1.54, 1.807) is 14.0 Å². The molecule has 0 fully saturated rings. The number of nitrogens with zero attached hydrogens (tertiary/aromatic N) is 1. The number of carbonyl (C=O) groups is 2. The molecule has 59 heavy (non-hydrogen) atoms. The second kappa shape index (κ2) is 34.5. The highest BCUT2D eigenvalue weighted by atomic mass is 16.6. The molecule has 0 bridgehead atoms. The van der Waals surface area contributed by atoms with Gasteiger partial charge in [-0.05, 0) is 29.2 Å². The molecule has 0 unspecified atom stereocenters. The molecule has 0 aromatic heterocycles. The topological polar surface area (TPSA) is 157 Å². The van der Waals surface area contributed by atoms with Crippen LogP contribution in [-0.4, -0.2) is 189 Å². The third-order valence-electron chi connectivity index (χ3n) is 8.69. The number of hydrogen-bond donors (Lipinski definition) is 0. The van der Waals surface area contributed by atoms with E-state index in [0.717, 1.165) is 0 Å². The standard InChI is InChI=1S/C43H67NO15/c1-3-58-42(45)12-14-47-16-18-49-20-22-51-24-26-53-28-30-55-32-34-57-35-33-56-31-29-54-27-25-52-23-21-50-19-17-48-15-13-44(2)43(46)59-36-41-39-10-6-4-8-37(39)38-9-5-7-11-40(38)41/h4-11,41H,3,12-36H2,1-2H3. The van der Waals surface area contributed by atoms with Crippen LogP contribution in [0, 0.1) is 0 Å². The smallest absolute Gasteiger partial charge is 0.409 e. The number of ether oxygens (including phenoxy) is 13. The fourth-order valence-electron chi connectivity index (χ4n) is 5.69. The zero-order chi connectivity index (χ0) is 41.9. The highest BCUT2D eigenvalue weighted by Gasteiger charge is 2.29. The van der Waals surface area contributed by atoms with Gasteiger partial charge in [-0.1, -0.05) is 48.5 Å².